The molecule has 0 saturated heterocycles. The molecule has 0 N–H and O–H groups in total. The van der Waals surface area contributed by atoms with Crippen molar-refractivity contribution in [1.82, 2.24) is 0 Å². The lowest BCUT2D eigenvalue weighted by molar-refractivity contribution is 0.0994. The van der Waals surface area contributed by atoms with Crippen LogP contribution in [0.5, 0.6) is 0 Å². The van der Waals surface area contributed by atoms with Crippen molar-refractivity contribution in [2.45, 2.75) is 31.6 Å². The van der Waals surface area contributed by atoms with Gasteiger partial charge in [-0.3, -0.25) is 4.79 Å². The Hall–Kier alpha value is -0.630. The van der Waals surface area contributed by atoms with Crippen LogP contribution in [0.2, 0.25) is 0 Å². The molecule has 2 aliphatic rings. The van der Waals surface area contributed by atoms with Gasteiger partial charge in [-0.15, -0.1) is 0 Å². The van der Waals surface area contributed by atoms with Gasteiger partial charge in [0.05, 0.1) is 0 Å². The number of hydrogen-bond donors (Lipinski definition) is 0. The van der Waals surface area contributed by atoms with Crippen LogP contribution in [-0.2, 0) is 6.42 Å². The predicted molar refractivity (Wildman–Crippen MR) is 58.8 cm³/mol. The quantitative estimate of drug-likeness (QED) is 0.747. The lowest BCUT2D eigenvalue weighted by Crippen LogP contribution is -1.95. The Morgan fingerprint density at radius 3 is 2.71 bits per heavy atom. The summed E-state index contributed by atoms with van der Waals surface area (Å²) in [5.74, 6) is 1.06. The molecule has 0 radical (unpaired) electrons. The molecule has 1 aromatic rings. The van der Waals surface area contributed by atoms with Crippen LogP contribution < -0.4 is 0 Å². The van der Waals surface area contributed by atoms with Gasteiger partial charge in [0.25, 0.3) is 0 Å². The zero-order valence-electron chi connectivity index (χ0n) is 7.85. The van der Waals surface area contributed by atoms with E-state index in [0.29, 0.717) is 12.2 Å². The highest BCUT2D eigenvalue weighted by molar-refractivity contribution is 9.10. The molecule has 1 aromatic carbocycles. The number of hydrogen-bond acceptors (Lipinski definition) is 1. The average Bonchev–Trinajstić information content (AvgIpc) is 2.92. The van der Waals surface area contributed by atoms with Crippen LogP contribution >= 0.6 is 15.9 Å². The summed E-state index contributed by atoms with van der Waals surface area (Å²) in [5.41, 5.74) is 3.73. The average molecular weight is 251 g/mol. The van der Waals surface area contributed by atoms with E-state index in [1.165, 1.54) is 28.4 Å². The first-order chi connectivity index (χ1) is 6.77. The number of rotatable bonds is 1. The Labute approximate surface area is 91.6 Å². The van der Waals surface area contributed by atoms with Gasteiger partial charge in [-0.05, 0) is 48.4 Å². The summed E-state index contributed by atoms with van der Waals surface area (Å²) in [6.07, 6.45) is 4.26. The van der Waals surface area contributed by atoms with E-state index in [9.17, 15) is 4.79 Å². The fourth-order valence-electron chi connectivity index (χ4n) is 2.35. The zero-order chi connectivity index (χ0) is 9.71. The molecule has 1 nitrogen and oxygen atoms in total. The third kappa shape index (κ3) is 1.17. The van der Waals surface area contributed by atoms with Crippen LogP contribution in [-0.4, -0.2) is 5.78 Å². The summed E-state index contributed by atoms with van der Waals surface area (Å²) in [6.45, 7) is 0. The molecule has 1 saturated carbocycles. The normalized spacial score (nSPS) is 19.9. The van der Waals surface area contributed by atoms with E-state index in [1.807, 2.05) is 12.1 Å². The maximum atomic E-state index is 11.6. The summed E-state index contributed by atoms with van der Waals surface area (Å²) in [7, 11) is 0. The zero-order valence-corrected chi connectivity index (χ0v) is 9.43. The maximum Gasteiger partial charge on any atom is 0.163 e. The highest BCUT2D eigenvalue weighted by Crippen LogP contribution is 2.47. The number of halogens is 1. The van der Waals surface area contributed by atoms with Gasteiger partial charge in [0, 0.05) is 16.5 Å². The topological polar surface area (TPSA) is 17.1 Å². The van der Waals surface area contributed by atoms with Crippen molar-refractivity contribution in [2.24, 2.45) is 0 Å². The predicted octanol–water partition coefficient (Wildman–Crippen LogP) is 3.46. The van der Waals surface area contributed by atoms with E-state index >= 15 is 0 Å². The molecule has 0 spiro atoms. The van der Waals surface area contributed by atoms with Gasteiger partial charge < -0.3 is 0 Å². The summed E-state index contributed by atoms with van der Waals surface area (Å²) in [6, 6.07) is 4.01. The number of ketones is 1. The van der Waals surface area contributed by atoms with E-state index in [2.05, 4.69) is 15.9 Å². The Morgan fingerprint density at radius 1 is 1.21 bits per heavy atom. The van der Waals surface area contributed by atoms with Gasteiger partial charge in [0.1, 0.15) is 0 Å². The van der Waals surface area contributed by atoms with E-state index in [4.69, 9.17) is 0 Å². The molecule has 72 valence electrons. The molecule has 2 aliphatic carbocycles. The maximum absolute atomic E-state index is 11.6. The number of Topliss-reactive ketones (excluding diaryl/α,β-unsaturated/α-hetero) is 1. The largest absolute Gasteiger partial charge is 0.294 e. The Kier molecular flexibility index (Phi) is 1.81. The molecule has 1 fully saturated rings. The van der Waals surface area contributed by atoms with E-state index in [0.717, 1.165) is 17.9 Å². The van der Waals surface area contributed by atoms with E-state index in [1.54, 1.807) is 0 Å². The molecule has 2 heteroatoms. The van der Waals surface area contributed by atoms with Crippen LogP contribution in [0.4, 0.5) is 0 Å². The molecule has 0 heterocycles. The fraction of sp³-hybridized carbons (Fsp3) is 0.417. The van der Waals surface area contributed by atoms with Crippen LogP contribution in [0, 0.1) is 0 Å². The van der Waals surface area contributed by atoms with Crippen molar-refractivity contribution >= 4 is 21.7 Å². The number of carbonyl (C=O) groups is 1. The minimum absolute atomic E-state index is 0.328. The smallest absolute Gasteiger partial charge is 0.163 e. The molecule has 14 heavy (non-hydrogen) atoms. The van der Waals surface area contributed by atoms with Gasteiger partial charge in [-0.1, -0.05) is 15.9 Å². The highest BCUT2D eigenvalue weighted by atomic mass is 79.9. The van der Waals surface area contributed by atoms with E-state index in [-0.39, 0.29) is 0 Å². The van der Waals surface area contributed by atoms with Crippen LogP contribution in [0.1, 0.15) is 46.7 Å². The van der Waals surface area contributed by atoms with Gasteiger partial charge in [0.2, 0.25) is 0 Å². The molecule has 0 unspecified atom stereocenters. The monoisotopic (exact) mass is 250 g/mol. The van der Waals surface area contributed by atoms with Gasteiger partial charge in [-0.2, -0.15) is 0 Å². The summed E-state index contributed by atoms with van der Waals surface area (Å²) in [5, 5.41) is 0. The van der Waals surface area contributed by atoms with E-state index < -0.39 is 0 Å². The molecule has 0 atom stereocenters. The second-order valence-electron chi connectivity index (χ2n) is 4.18. The Bertz CT molecular complexity index is 419. The second-order valence-corrected chi connectivity index (χ2v) is 5.04. The standard InChI is InChI=1S/C12H11BrO/c13-10-5-3-8-9(4-6-11(8)14)12(10)7-1-2-7/h3,5,7H,1-2,4,6H2. The lowest BCUT2D eigenvalue weighted by atomic mass is 10.00. The first-order valence-corrected chi connectivity index (χ1v) is 5.91. The Morgan fingerprint density at radius 2 is 2.00 bits per heavy atom. The first kappa shape index (κ1) is 8.66. The summed E-state index contributed by atoms with van der Waals surface area (Å²) < 4.78 is 1.20. The van der Waals surface area contributed by atoms with Crippen molar-refractivity contribution in [3.63, 3.8) is 0 Å². The molecular formula is C12H11BrO. The van der Waals surface area contributed by atoms with Crippen molar-refractivity contribution in [3.8, 4) is 0 Å². The molecule has 0 aliphatic heterocycles. The van der Waals surface area contributed by atoms with Crippen molar-refractivity contribution in [2.75, 3.05) is 0 Å². The second kappa shape index (κ2) is 2.93. The third-order valence-corrected chi connectivity index (χ3v) is 3.88. The fourth-order valence-corrected chi connectivity index (χ4v) is 3.05. The molecule has 0 bridgehead atoms. The third-order valence-electron chi connectivity index (χ3n) is 3.19. The molecule has 0 amide bonds. The molecule has 0 aromatic heterocycles. The number of benzene rings is 1. The van der Waals surface area contributed by atoms with Crippen LogP contribution in [0.3, 0.4) is 0 Å². The lowest BCUT2D eigenvalue weighted by Gasteiger charge is -2.08. The van der Waals surface area contributed by atoms with Crippen molar-refractivity contribution < 1.29 is 4.79 Å². The minimum atomic E-state index is 0.328. The first-order valence-electron chi connectivity index (χ1n) is 5.12. The number of fused-ring (bicyclic) bond motifs is 1. The van der Waals surface area contributed by atoms with Crippen molar-refractivity contribution in [3.05, 3.63) is 33.3 Å². The van der Waals surface area contributed by atoms with Crippen LogP contribution in [0.25, 0.3) is 0 Å². The van der Waals surface area contributed by atoms with Crippen LogP contribution in [0.15, 0.2) is 16.6 Å². The SMILES string of the molecule is O=C1CCc2c1ccc(Br)c2C1CC1. The van der Waals surface area contributed by atoms with Gasteiger partial charge in [-0.25, -0.2) is 0 Å². The van der Waals surface area contributed by atoms with Gasteiger partial charge in [0.15, 0.2) is 5.78 Å². The molecular weight excluding hydrogens is 240 g/mol. The Balaban J connectivity index is 2.22. The molecule has 3 rings (SSSR count). The highest BCUT2D eigenvalue weighted by Gasteiger charge is 2.32. The van der Waals surface area contributed by atoms with Crippen molar-refractivity contribution in [1.29, 1.82) is 0 Å². The number of carbonyl (C=O) groups excluding carboxylic acids is 1. The summed E-state index contributed by atoms with van der Waals surface area (Å²) in [4.78, 5) is 11.6. The minimum Gasteiger partial charge on any atom is -0.294 e. The summed E-state index contributed by atoms with van der Waals surface area (Å²) >= 11 is 3.60. The van der Waals surface area contributed by atoms with Gasteiger partial charge >= 0.3 is 0 Å².